The van der Waals surface area contributed by atoms with Gasteiger partial charge in [0.1, 0.15) is 0 Å². The minimum Gasteiger partial charge on any atom is -0.308 e. The topological polar surface area (TPSA) is 29.9 Å². The molecule has 2 rings (SSSR count). The molecule has 0 aliphatic rings. The average molecular weight is 420 g/mol. The molecule has 5 heteroatoms. The molecule has 0 amide bonds. The van der Waals surface area contributed by atoms with Gasteiger partial charge in [-0.25, -0.2) is 0 Å². The van der Waals surface area contributed by atoms with Crippen LogP contribution in [0.1, 0.15) is 24.2 Å². The minimum atomic E-state index is 0.164. The monoisotopic (exact) mass is 419 g/mol. The van der Waals surface area contributed by atoms with Crippen LogP contribution < -0.4 is 5.32 Å². The first-order valence-electron chi connectivity index (χ1n) is 5.81. The predicted octanol–water partition coefficient (Wildman–Crippen LogP) is 3.58. The number of benzene rings is 1. The Labute approximate surface area is 129 Å². The molecule has 0 spiro atoms. The highest BCUT2D eigenvalue weighted by atomic mass is 127. The van der Waals surface area contributed by atoms with E-state index >= 15 is 0 Å². The number of aryl methyl sites for hydroxylation is 1. The molecule has 0 radical (unpaired) electrons. The van der Waals surface area contributed by atoms with Gasteiger partial charge in [0.05, 0.1) is 11.7 Å². The molecule has 1 unspecified atom stereocenters. The highest BCUT2D eigenvalue weighted by molar-refractivity contribution is 14.1. The predicted molar refractivity (Wildman–Crippen MR) is 85.7 cm³/mol. The first kappa shape index (κ1) is 14.0. The lowest BCUT2D eigenvalue weighted by Crippen LogP contribution is -2.22. The first-order valence-corrected chi connectivity index (χ1v) is 7.68. The summed E-state index contributed by atoms with van der Waals surface area (Å²) in [5.41, 5.74) is 2.46. The third kappa shape index (κ3) is 2.78. The molecule has 2 aromatic rings. The van der Waals surface area contributed by atoms with E-state index in [0.717, 1.165) is 11.0 Å². The molecule has 1 heterocycles. The van der Waals surface area contributed by atoms with Gasteiger partial charge in [-0.1, -0.05) is 15.9 Å². The molecule has 3 nitrogen and oxygen atoms in total. The van der Waals surface area contributed by atoms with Crippen molar-refractivity contribution in [2.24, 2.45) is 0 Å². The summed E-state index contributed by atoms with van der Waals surface area (Å²) < 4.78 is 4.37. The van der Waals surface area contributed by atoms with Crippen LogP contribution in [0.5, 0.6) is 0 Å². The van der Waals surface area contributed by atoms with Crippen molar-refractivity contribution in [1.29, 1.82) is 0 Å². The van der Waals surface area contributed by atoms with Gasteiger partial charge < -0.3 is 5.32 Å². The Bertz CT molecular complexity index is 539. The van der Waals surface area contributed by atoms with Crippen molar-refractivity contribution in [2.75, 3.05) is 7.05 Å². The Morgan fingerprint density at radius 2 is 2.22 bits per heavy atom. The summed E-state index contributed by atoms with van der Waals surface area (Å²) in [7, 11) is 1.98. The van der Waals surface area contributed by atoms with Gasteiger partial charge in [0.25, 0.3) is 0 Å². The molecule has 1 N–H and O–H groups in total. The average Bonchev–Trinajstić information content (AvgIpc) is 2.83. The zero-order chi connectivity index (χ0) is 13.1. The van der Waals surface area contributed by atoms with Crippen LogP contribution >= 0.6 is 38.5 Å². The van der Waals surface area contributed by atoms with E-state index in [1.807, 2.05) is 17.9 Å². The van der Waals surface area contributed by atoms with Gasteiger partial charge in [0.2, 0.25) is 0 Å². The molecule has 1 aromatic heterocycles. The minimum absolute atomic E-state index is 0.164. The zero-order valence-corrected chi connectivity index (χ0v) is 14.1. The van der Waals surface area contributed by atoms with E-state index in [2.05, 4.69) is 80.1 Å². The van der Waals surface area contributed by atoms with E-state index < -0.39 is 0 Å². The van der Waals surface area contributed by atoms with E-state index in [-0.39, 0.29) is 6.04 Å². The van der Waals surface area contributed by atoms with Crippen LogP contribution in [0, 0.1) is 3.57 Å². The van der Waals surface area contributed by atoms with Crippen molar-refractivity contribution in [3.63, 3.8) is 0 Å². The second-order valence-corrected chi connectivity index (χ2v) is 6.04. The largest absolute Gasteiger partial charge is 0.308 e. The van der Waals surface area contributed by atoms with Gasteiger partial charge in [0, 0.05) is 20.8 Å². The second-order valence-electron chi connectivity index (χ2n) is 3.96. The maximum absolute atomic E-state index is 4.34. The van der Waals surface area contributed by atoms with Gasteiger partial charge in [-0.05, 0) is 66.4 Å². The van der Waals surface area contributed by atoms with Crippen LogP contribution in [0.4, 0.5) is 0 Å². The number of nitrogens with zero attached hydrogens (tertiary/aromatic N) is 2. The van der Waals surface area contributed by atoms with Crippen molar-refractivity contribution in [1.82, 2.24) is 15.1 Å². The Morgan fingerprint density at radius 3 is 2.89 bits per heavy atom. The van der Waals surface area contributed by atoms with Gasteiger partial charge in [-0.3, -0.25) is 4.68 Å². The fraction of sp³-hybridized carbons (Fsp3) is 0.308. The van der Waals surface area contributed by atoms with Gasteiger partial charge >= 0.3 is 0 Å². The molecule has 0 saturated heterocycles. The summed E-state index contributed by atoms with van der Waals surface area (Å²) in [6, 6.07) is 8.58. The van der Waals surface area contributed by atoms with Crippen LogP contribution in [0.25, 0.3) is 0 Å². The number of nitrogens with one attached hydrogen (secondary N) is 1. The number of rotatable bonds is 4. The summed E-state index contributed by atoms with van der Waals surface area (Å²) in [5.74, 6) is 0. The van der Waals surface area contributed by atoms with E-state index in [0.29, 0.717) is 0 Å². The fourth-order valence-corrected chi connectivity index (χ4v) is 3.08. The lowest BCUT2D eigenvalue weighted by atomic mass is 10.0. The van der Waals surface area contributed by atoms with Crippen molar-refractivity contribution in [3.8, 4) is 0 Å². The fourth-order valence-electron chi connectivity index (χ4n) is 2.05. The van der Waals surface area contributed by atoms with Gasteiger partial charge in [-0.2, -0.15) is 5.10 Å². The van der Waals surface area contributed by atoms with Crippen LogP contribution in [0.15, 0.2) is 34.9 Å². The Balaban J connectivity index is 2.48. The lowest BCUT2D eigenvalue weighted by Gasteiger charge is -2.19. The number of aromatic nitrogens is 2. The zero-order valence-electron chi connectivity index (χ0n) is 10.3. The van der Waals surface area contributed by atoms with Crippen LogP contribution in [0.2, 0.25) is 0 Å². The summed E-state index contributed by atoms with van der Waals surface area (Å²) in [4.78, 5) is 0. The maximum Gasteiger partial charge on any atom is 0.0756 e. The number of hydrogen-bond donors (Lipinski definition) is 1. The van der Waals surface area contributed by atoms with Crippen LogP contribution in [-0.2, 0) is 6.54 Å². The molecule has 0 fully saturated rings. The molecular weight excluding hydrogens is 405 g/mol. The highest BCUT2D eigenvalue weighted by Gasteiger charge is 2.18. The molecule has 96 valence electrons. The van der Waals surface area contributed by atoms with E-state index in [1.165, 1.54) is 14.8 Å². The van der Waals surface area contributed by atoms with Gasteiger partial charge in [0.15, 0.2) is 0 Å². The smallest absolute Gasteiger partial charge is 0.0756 e. The van der Waals surface area contributed by atoms with Crippen molar-refractivity contribution < 1.29 is 0 Å². The van der Waals surface area contributed by atoms with E-state index in [4.69, 9.17) is 0 Å². The normalized spacial score (nSPS) is 12.7. The molecule has 0 aliphatic carbocycles. The van der Waals surface area contributed by atoms with Gasteiger partial charge in [-0.15, -0.1) is 0 Å². The van der Waals surface area contributed by atoms with Crippen molar-refractivity contribution in [3.05, 3.63) is 49.8 Å². The van der Waals surface area contributed by atoms with Crippen molar-refractivity contribution in [2.45, 2.75) is 19.5 Å². The molecule has 0 saturated carbocycles. The van der Waals surface area contributed by atoms with Crippen molar-refractivity contribution >= 4 is 38.5 Å². The van der Waals surface area contributed by atoms with E-state index in [1.54, 1.807) is 0 Å². The maximum atomic E-state index is 4.34. The third-order valence-corrected chi connectivity index (χ3v) is 4.38. The summed E-state index contributed by atoms with van der Waals surface area (Å²) in [6.07, 6.45) is 1.86. The van der Waals surface area contributed by atoms with Crippen LogP contribution in [-0.4, -0.2) is 16.8 Å². The third-order valence-electron chi connectivity index (χ3n) is 2.90. The number of hydrogen-bond acceptors (Lipinski definition) is 2. The molecule has 0 aliphatic heterocycles. The Kier molecular flexibility index (Phi) is 4.80. The summed E-state index contributed by atoms with van der Waals surface area (Å²) >= 11 is 5.91. The molecule has 18 heavy (non-hydrogen) atoms. The molecule has 1 atom stereocenters. The molecular formula is C13H15BrIN3. The summed E-state index contributed by atoms with van der Waals surface area (Å²) in [6.45, 7) is 2.99. The molecule has 1 aromatic carbocycles. The quantitative estimate of drug-likeness (QED) is 0.767. The first-order chi connectivity index (χ1) is 8.67. The number of halogens is 2. The standard InChI is InChI=1S/C13H15BrIN3/c1-3-18-12(6-7-17-18)13(16-2)10-8-9(14)4-5-11(10)15/h4-8,13,16H,3H2,1-2H3. The Morgan fingerprint density at radius 1 is 1.44 bits per heavy atom. The lowest BCUT2D eigenvalue weighted by molar-refractivity contribution is 0.562. The SMILES string of the molecule is CCn1nccc1C(NC)c1cc(Br)ccc1I. The highest BCUT2D eigenvalue weighted by Crippen LogP contribution is 2.28. The Hall–Kier alpha value is -0.400. The van der Waals surface area contributed by atoms with Crippen LogP contribution in [0.3, 0.4) is 0 Å². The summed E-state index contributed by atoms with van der Waals surface area (Å²) in [5, 5.41) is 7.72. The second kappa shape index (κ2) is 6.16. The molecule has 0 bridgehead atoms. The van der Waals surface area contributed by atoms with E-state index in [9.17, 15) is 0 Å².